The third-order valence-electron chi connectivity index (χ3n) is 6.16. The van der Waals surface area contributed by atoms with Crippen LogP contribution in [0.15, 0.2) is 25.2 Å². The first kappa shape index (κ1) is 22.1. The summed E-state index contributed by atoms with van der Waals surface area (Å²) in [5, 5.41) is 10.5. The van der Waals surface area contributed by atoms with Crippen molar-refractivity contribution in [2.24, 2.45) is 7.05 Å². The van der Waals surface area contributed by atoms with E-state index < -0.39 is 18.1 Å². The molecule has 2 aliphatic heterocycles. The second-order valence-corrected chi connectivity index (χ2v) is 8.67. The molecule has 0 bridgehead atoms. The smallest absolute Gasteiger partial charge is 0.256 e. The maximum absolute atomic E-state index is 14.6. The summed E-state index contributed by atoms with van der Waals surface area (Å²) in [6.45, 7) is 5.54. The van der Waals surface area contributed by atoms with Crippen molar-refractivity contribution in [1.29, 1.82) is 0 Å². The predicted molar refractivity (Wildman–Crippen MR) is 124 cm³/mol. The van der Waals surface area contributed by atoms with Gasteiger partial charge in [0, 0.05) is 26.7 Å². The van der Waals surface area contributed by atoms with Crippen LogP contribution in [0, 0.1) is 0 Å². The molecule has 0 radical (unpaired) electrons. The number of methoxy groups -OCH3 is 1. The summed E-state index contributed by atoms with van der Waals surface area (Å²) >= 11 is 0. The minimum absolute atomic E-state index is 0.0569. The van der Waals surface area contributed by atoms with Gasteiger partial charge < -0.3 is 29.7 Å². The number of fused-ring (bicyclic) bond motifs is 1. The number of nitrogens with one attached hydrogen (secondary N) is 2. The fourth-order valence-electron chi connectivity index (χ4n) is 4.29. The predicted octanol–water partition coefficient (Wildman–Crippen LogP) is 0.627. The molecule has 5 heterocycles. The maximum atomic E-state index is 14.6. The molecule has 180 valence electrons. The van der Waals surface area contributed by atoms with E-state index in [4.69, 9.17) is 4.74 Å². The van der Waals surface area contributed by atoms with Crippen molar-refractivity contribution >= 4 is 34.5 Å². The number of rotatable bonds is 7. The average molecular weight is 471 g/mol. The molecule has 3 aromatic heterocycles. The van der Waals surface area contributed by atoms with Crippen LogP contribution in [-0.4, -0.2) is 92.7 Å². The standard InChI is InChI=1S/C21H27FN10O2/c1-5-16(33)24-14-9-31(8-13(14)22)21-26-18(17-19(27-21)30(3)11-23-17)25-15-10-32(28-20(15)34-4)12-6-29(2)7-12/h5,10-14H,1,6-9H2,2-4H3,(H,24,33)(H,25,26,27). The molecule has 3 aromatic rings. The van der Waals surface area contributed by atoms with Gasteiger partial charge >= 0.3 is 0 Å². The summed E-state index contributed by atoms with van der Waals surface area (Å²) in [5.41, 5.74) is 1.81. The quantitative estimate of drug-likeness (QED) is 0.479. The SMILES string of the molecule is C=CC(=O)NC1CN(c2nc(Nc3cn(C4CN(C)C4)nc3OC)c3ncn(C)c3n2)CC1F. The van der Waals surface area contributed by atoms with Crippen molar-refractivity contribution < 1.29 is 13.9 Å². The number of carbonyl (C=O) groups is 1. The number of alkyl halides is 1. The van der Waals surface area contributed by atoms with E-state index in [2.05, 4.69) is 49.2 Å². The molecule has 2 N–H and O–H groups in total. The van der Waals surface area contributed by atoms with E-state index in [9.17, 15) is 9.18 Å². The largest absolute Gasteiger partial charge is 0.478 e. The summed E-state index contributed by atoms with van der Waals surface area (Å²) < 4.78 is 23.8. The van der Waals surface area contributed by atoms with E-state index in [1.54, 1.807) is 22.9 Å². The van der Waals surface area contributed by atoms with Crippen molar-refractivity contribution in [1.82, 2.24) is 39.5 Å². The number of carbonyl (C=O) groups excluding carboxylic acids is 1. The fraction of sp³-hybridized carbons (Fsp3) is 0.476. The molecule has 0 saturated carbocycles. The van der Waals surface area contributed by atoms with Gasteiger partial charge in [0.15, 0.2) is 17.0 Å². The molecule has 13 heteroatoms. The molecule has 0 spiro atoms. The summed E-state index contributed by atoms with van der Waals surface area (Å²) in [6, 6.07) is -0.397. The lowest BCUT2D eigenvalue weighted by atomic mass is 10.1. The highest BCUT2D eigenvalue weighted by atomic mass is 19.1. The van der Waals surface area contributed by atoms with E-state index in [1.165, 1.54) is 0 Å². The number of likely N-dealkylation sites (N-methyl/N-ethyl adjacent to an activating group) is 1. The molecule has 5 rings (SSSR count). The van der Waals surface area contributed by atoms with Crippen LogP contribution in [0.5, 0.6) is 5.88 Å². The van der Waals surface area contributed by atoms with Crippen molar-refractivity contribution in [2.75, 3.05) is 50.6 Å². The van der Waals surface area contributed by atoms with Gasteiger partial charge in [-0.1, -0.05) is 6.58 Å². The first-order valence-corrected chi connectivity index (χ1v) is 11.0. The number of nitrogens with zero attached hydrogens (tertiary/aromatic N) is 8. The van der Waals surface area contributed by atoms with Gasteiger partial charge in [-0.15, -0.1) is 5.10 Å². The second-order valence-electron chi connectivity index (χ2n) is 8.67. The Hall–Kier alpha value is -3.74. The zero-order valence-corrected chi connectivity index (χ0v) is 19.3. The molecule has 1 amide bonds. The van der Waals surface area contributed by atoms with Gasteiger partial charge in [-0.2, -0.15) is 9.97 Å². The van der Waals surface area contributed by atoms with Gasteiger partial charge in [0.05, 0.1) is 38.3 Å². The number of aryl methyl sites for hydroxylation is 1. The number of aromatic nitrogens is 6. The number of anilines is 3. The highest BCUT2D eigenvalue weighted by Crippen LogP contribution is 2.32. The van der Waals surface area contributed by atoms with Crippen molar-refractivity contribution in [3.05, 3.63) is 25.2 Å². The lowest BCUT2D eigenvalue weighted by molar-refractivity contribution is -0.117. The molecule has 2 unspecified atom stereocenters. The number of hydrogen-bond acceptors (Lipinski definition) is 9. The topological polar surface area (TPSA) is 118 Å². The normalized spacial score (nSPS) is 21.0. The molecule has 0 aromatic carbocycles. The Morgan fingerprint density at radius 3 is 2.76 bits per heavy atom. The molecule has 34 heavy (non-hydrogen) atoms. The Morgan fingerprint density at radius 1 is 1.26 bits per heavy atom. The third-order valence-corrected chi connectivity index (χ3v) is 6.16. The summed E-state index contributed by atoms with van der Waals surface area (Å²) in [7, 11) is 5.46. The zero-order valence-electron chi connectivity index (χ0n) is 19.3. The minimum atomic E-state index is -1.26. The van der Waals surface area contributed by atoms with Gasteiger partial charge in [-0.25, -0.2) is 9.37 Å². The number of hydrogen-bond donors (Lipinski definition) is 2. The number of amides is 1. The molecule has 2 atom stereocenters. The van der Waals surface area contributed by atoms with Gasteiger partial charge in [0.25, 0.3) is 5.88 Å². The van der Waals surface area contributed by atoms with Crippen molar-refractivity contribution in [3.8, 4) is 5.88 Å². The second kappa shape index (κ2) is 8.56. The zero-order chi connectivity index (χ0) is 24.0. The van der Waals surface area contributed by atoms with Gasteiger partial charge in [-0.3, -0.25) is 9.48 Å². The summed E-state index contributed by atoms with van der Waals surface area (Å²) in [6.07, 6.45) is 3.41. The third kappa shape index (κ3) is 3.91. The summed E-state index contributed by atoms with van der Waals surface area (Å²) in [4.78, 5) is 29.3. The Bertz CT molecular complexity index is 1230. The maximum Gasteiger partial charge on any atom is 0.256 e. The number of halogens is 1. The van der Waals surface area contributed by atoms with Crippen LogP contribution < -0.4 is 20.3 Å². The Kier molecular flexibility index (Phi) is 5.55. The average Bonchev–Trinajstić information content (AvgIpc) is 3.49. The van der Waals surface area contributed by atoms with Crippen LogP contribution in [0.3, 0.4) is 0 Å². The molecular weight excluding hydrogens is 443 g/mol. The molecule has 2 saturated heterocycles. The molecule has 12 nitrogen and oxygen atoms in total. The van der Waals surface area contributed by atoms with E-state index in [0.717, 1.165) is 19.2 Å². The van der Waals surface area contributed by atoms with E-state index in [1.807, 2.05) is 17.9 Å². The first-order chi connectivity index (χ1) is 16.4. The Morgan fingerprint density at radius 2 is 2.06 bits per heavy atom. The fourth-order valence-corrected chi connectivity index (χ4v) is 4.29. The minimum Gasteiger partial charge on any atom is -0.478 e. The highest BCUT2D eigenvalue weighted by Gasteiger charge is 2.35. The molecule has 2 fully saturated rings. The van der Waals surface area contributed by atoms with Crippen molar-refractivity contribution in [2.45, 2.75) is 18.3 Å². The van der Waals surface area contributed by atoms with Crippen LogP contribution in [-0.2, 0) is 11.8 Å². The molecule has 2 aliphatic rings. The first-order valence-electron chi connectivity index (χ1n) is 11.0. The molecular formula is C21H27FN10O2. The number of likely N-dealkylation sites (tertiary alicyclic amines) is 1. The van der Waals surface area contributed by atoms with Crippen LogP contribution in [0.25, 0.3) is 11.2 Å². The van der Waals surface area contributed by atoms with E-state index in [0.29, 0.717) is 34.5 Å². The van der Waals surface area contributed by atoms with Crippen LogP contribution in [0.2, 0.25) is 0 Å². The van der Waals surface area contributed by atoms with Crippen LogP contribution >= 0.6 is 0 Å². The van der Waals surface area contributed by atoms with E-state index >= 15 is 0 Å². The van der Waals surface area contributed by atoms with Crippen LogP contribution in [0.1, 0.15) is 6.04 Å². The van der Waals surface area contributed by atoms with Gasteiger partial charge in [-0.05, 0) is 13.1 Å². The monoisotopic (exact) mass is 470 g/mol. The van der Waals surface area contributed by atoms with Crippen molar-refractivity contribution in [3.63, 3.8) is 0 Å². The lowest BCUT2D eigenvalue weighted by Gasteiger charge is -2.35. The number of imidazole rings is 1. The lowest BCUT2D eigenvalue weighted by Crippen LogP contribution is -2.45. The Labute approximate surface area is 195 Å². The van der Waals surface area contributed by atoms with Gasteiger partial charge in [0.1, 0.15) is 11.9 Å². The van der Waals surface area contributed by atoms with E-state index in [-0.39, 0.29) is 19.1 Å². The summed E-state index contributed by atoms with van der Waals surface area (Å²) in [5.74, 6) is 0.819. The molecule has 0 aliphatic carbocycles. The Balaban J connectivity index is 1.46. The van der Waals surface area contributed by atoms with Crippen LogP contribution in [0.4, 0.5) is 21.8 Å². The number of ether oxygens (including phenoxy) is 1. The van der Waals surface area contributed by atoms with Gasteiger partial charge in [0.2, 0.25) is 11.9 Å². The highest BCUT2D eigenvalue weighted by molar-refractivity contribution is 5.88.